The molecule has 1 fully saturated rings. The van der Waals surface area contributed by atoms with Gasteiger partial charge in [0.05, 0.1) is 27.9 Å². The van der Waals surface area contributed by atoms with Gasteiger partial charge in [-0.25, -0.2) is 0 Å². The molecule has 0 spiro atoms. The lowest BCUT2D eigenvalue weighted by atomic mass is 10.1. The topological polar surface area (TPSA) is 72.1 Å². The van der Waals surface area contributed by atoms with Crippen molar-refractivity contribution < 1.29 is 19.0 Å². The number of carbonyl (C=O) groups excluding carboxylic acids is 1. The van der Waals surface area contributed by atoms with Gasteiger partial charge < -0.3 is 24.8 Å². The Hall–Kier alpha value is -1.99. The molecule has 1 saturated heterocycles. The molecule has 1 amide bonds. The highest BCUT2D eigenvalue weighted by Crippen LogP contribution is 2.34. The number of hydrogen-bond acceptors (Lipinski definition) is 6. The second-order valence-electron chi connectivity index (χ2n) is 5.32. The Balaban J connectivity index is 1.97. The molecule has 0 aromatic heterocycles. The number of nitrogens with zero attached hydrogens (tertiary/aromatic N) is 1. The molecule has 1 aromatic rings. The van der Waals surface area contributed by atoms with Crippen LogP contribution in [0.1, 0.15) is 5.56 Å². The highest BCUT2D eigenvalue weighted by atomic mass is 16.5. The molecule has 1 aliphatic rings. The van der Waals surface area contributed by atoms with Crippen LogP contribution in [0.3, 0.4) is 0 Å². The third-order valence-corrected chi connectivity index (χ3v) is 3.84. The third kappa shape index (κ3) is 4.74. The molecule has 0 unspecified atom stereocenters. The van der Waals surface area contributed by atoms with Crippen molar-refractivity contribution in [2.75, 3.05) is 54.1 Å². The molecule has 2 N–H and O–H groups in total. The van der Waals surface area contributed by atoms with Gasteiger partial charge in [-0.3, -0.25) is 9.69 Å². The van der Waals surface area contributed by atoms with Gasteiger partial charge in [0, 0.05) is 44.4 Å². The molecule has 1 heterocycles. The Morgan fingerprint density at radius 3 is 2.30 bits per heavy atom. The zero-order valence-corrected chi connectivity index (χ0v) is 14.0. The summed E-state index contributed by atoms with van der Waals surface area (Å²) in [5, 5.41) is 6.20. The van der Waals surface area contributed by atoms with Crippen molar-refractivity contribution >= 4 is 5.91 Å². The molecular formula is C16H25N3O4. The standard InChI is InChI=1S/C16H25N3O4/c1-21-13-9-15(23-3)14(22-2)8-12(13)10-18-16(20)11-19-6-4-17-5-7-19/h8-9,17H,4-7,10-11H2,1-3H3,(H,18,20). The van der Waals surface area contributed by atoms with Crippen LogP contribution in [-0.2, 0) is 11.3 Å². The van der Waals surface area contributed by atoms with E-state index in [-0.39, 0.29) is 5.91 Å². The Labute approximate surface area is 136 Å². The number of nitrogens with one attached hydrogen (secondary N) is 2. The van der Waals surface area contributed by atoms with Gasteiger partial charge in [0.2, 0.25) is 5.91 Å². The molecule has 128 valence electrons. The molecule has 7 nitrogen and oxygen atoms in total. The number of carbonyl (C=O) groups is 1. The maximum atomic E-state index is 12.1. The third-order valence-electron chi connectivity index (χ3n) is 3.84. The van der Waals surface area contributed by atoms with Crippen LogP contribution in [-0.4, -0.2) is 64.9 Å². The highest BCUT2D eigenvalue weighted by molar-refractivity contribution is 5.78. The summed E-state index contributed by atoms with van der Waals surface area (Å²) in [5.74, 6) is 1.87. The first-order chi connectivity index (χ1) is 11.2. The van der Waals surface area contributed by atoms with Crippen molar-refractivity contribution in [1.29, 1.82) is 0 Å². The van der Waals surface area contributed by atoms with Crippen molar-refractivity contribution in [1.82, 2.24) is 15.5 Å². The van der Waals surface area contributed by atoms with Gasteiger partial charge in [0.15, 0.2) is 11.5 Å². The molecule has 7 heteroatoms. The highest BCUT2D eigenvalue weighted by Gasteiger charge is 2.15. The van der Waals surface area contributed by atoms with Crippen LogP contribution in [0.25, 0.3) is 0 Å². The number of benzene rings is 1. The van der Waals surface area contributed by atoms with E-state index in [9.17, 15) is 4.79 Å². The number of rotatable bonds is 7. The normalized spacial score (nSPS) is 15.1. The summed E-state index contributed by atoms with van der Waals surface area (Å²) in [6.07, 6.45) is 0. The Morgan fingerprint density at radius 1 is 1.09 bits per heavy atom. The zero-order chi connectivity index (χ0) is 16.7. The maximum absolute atomic E-state index is 12.1. The van der Waals surface area contributed by atoms with E-state index in [4.69, 9.17) is 14.2 Å². The Kier molecular flexibility index (Phi) is 6.49. The molecular weight excluding hydrogens is 298 g/mol. The average molecular weight is 323 g/mol. The van der Waals surface area contributed by atoms with E-state index in [0.29, 0.717) is 30.3 Å². The minimum Gasteiger partial charge on any atom is -0.496 e. The summed E-state index contributed by atoms with van der Waals surface area (Å²) in [4.78, 5) is 14.2. The van der Waals surface area contributed by atoms with Gasteiger partial charge in [-0.05, 0) is 6.07 Å². The fourth-order valence-electron chi connectivity index (χ4n) is 2.55. The van der Waals surface area contributed by atoms with Gasteiger partial charge in [-0.1, -0.05) is 0 Å². The maximum Gasteiger partial charge on any atom is 0.234 e. The van der Waals surface area contributed by atoms with Crippen LogP contribution < -0.4 is 24.8 Å². The van der Waals surface area contributed by atoms with E-state index >= 15 is 0 Å². The summed E-state index contributed by atoms with van der Waals surface area (Å²) in [6, 6.07) is 3.58. The first-order valence-corrected chi connectivity index (χ1v) is 7.66. The van der Waals surface area contributed by atoms with E-state index in [2.05, 4.69) is 15.5 Å². The van der Waals surface area contributed by atoms with Crippen molar-refractivity contribution in [2.45, 2.75) is 6.54 Å². The number of hydrogen-bond donors (Lipinski definition) is 2. The van der Waals surface area contributed by atoms with Gasteiger partial charge in [-0.15, -0.1) is 0 Å². The molecule has 0 bridgehead atoms. The minimum absolute atomic E-state index is 0.00346. The van der Waals surface area contributed by atoms with Crippen molar-refractivity contribution in [3.05, 3.63) is 17.7 Å². The van der Waals surface area contributed by atoms with Crippen LogP contribution in [0.15, 0.2) is 12.1 Å². The fourth-order valence-corrected chi connectivity index (χ4v) is 2.55. The predicted molar refractivity (Wildman–Crippen MR) is 87.3 cm³/mol. The van der Waals surface area contributed by atoms with E-state index in [1.165, 1.54) is 0 Å². The molecule has 2 rings (SSSR count). The number of ether oxygens (including phenoxy) is 3. The van der Waals surface area contributed by atoms with E-state index in [1.54, 1.807) is 27.4 Å². The predicted octanol–water partition coefficient (Wildman–Crippen LogP) is 0.234. The van der Waals surface area contributed by atoms with Crippen LogP contribution >= 0.6 is 0 Å². The number of amides is 1. The molecule has 1 aromatic carbocycles. The van der Waals surface area contributed by atoms with Gasteiger partial charge in [-0.2, -0.15) is 0 Å². The monoisotopic (exact) mass is 323 g/mol. The van der Waals surface area contributed by atoms with Crippen molar-refractivity contribution in [3.63, 3.8) is 0 Å². The zero-order valence-electron chi connectivity index (χ0n) is 14.0. The lowest BCUT2D eigenvalue weighted by Gasteiger charge is -2.26. The van der Waals surface area contributed by atoms with Gasteiger partial charge in [0.25, 0.3) is 0 Å². The lowest BCUT2D eigenvalue weighted by Crippen LogP contribution is -2.47. The first-order valence-electron chi connectivity index (χ1n) is 7.66. The van der Waals surface area contributed by atoms with Gasteiger partial charge >= 0.3 is 0 Å². The second kappa shape index (κ2) is 8.59. The summed E-state index contributed by atoms with van der Waals surface area (Å²) in [6.45, 7) is 4.44. The largest absolute Gasteiger partial charge is 0.496 e. The first kappa shape index (κ1) is 17.4. The molecule has 0 atom stereocenters. The molecule has 0 saturated carbocycles. The average Bonchev–Trinajstić information content (AvgIpc) is 2.59. The number of piperazine rings is 1. The smallest absolute Gasteiger partial charge is 0.234 e. The van der Waals surface area contributed by atoms with Crippen molar-refractivity contribution in [2.24, 2.45) is 0 Å². The Morgan fingerprint density at radius 2 is 1.70 bits per heavy atom. The quantitative estimate of drug-likeness (QED) is 0.749. The molecule has 0 radical (unpaired) electrons. The fraction of sp³-hybridized carbons (Fsp3) is 0.562. The SMILES string of the molecule is COc1cc(OC)c(OC)cc1CNC(=O)CN1CCNCC1. The van der Waals surface area contributed by atoms with E-state index < -0.39 is 0 Å². The Bertz CT molecular complexity index is 530. The number of methoxy groups -OCH3 is 3. The molecule has 1 aliphatic heterocycles. The van der Waals surface area contributed by atoms with E-state index in [1.807, 2.05) is 6.07 Å². The van der Waals surface area contributed by atoms with Crippen molar-refractivity contribution in [3.8, 4) is 17.2 Å². The summed E-state index contributed by atoms with van der Waals surface area (Å²) >= 11 is 0. The molecule has 0 aliphatic carbocycles. The van der Waals surface area contributed by atoms with Crippen LogP contribution in [0, 0.1) is 0 Å². The summed E-state index contributed by atoms with van der Waals surface area (Å²) in [5.41, 5.74) is 0.846. The minimum atomic E-state index is 0.00346. The van der Waals surface area contributed by atoms with E-state index in [0.717, 1.165) is 31.7 Å². The van der Waals surface area contributed by atoms with Gasteiger partial charge in [0.1, 0.15) is 5.75 Å². The van der Waals surface area contributed by atoms with Crippen LogP contribution in [0.5, 0.6) is 17.2 Å². The van der Waals surface area contributed by atoms with Crippen LogP contribution in [0.4, 0.5) is 0 Å². The lowest BCUT2D eigenvalue weighted by molar-refractivity contribution is -0.122. The van der Waals surface area contributed by atoms with Crippen LogP contribution in [0.2, 0.25) is 0 Å². The second-order valence-corrected chi connectivity index (χ2v) is 5.32. The summed E-state index contributed by atoms with van der Waals surface area (Å²) in [7, 11) is 4.75. The molecule has 23 heavy (non-hydrogen) atoms. The summed E-state index contributed by atoms with van der Waals surface area (Å²) < 4.78 is 15.9.